The Morgan fingerprint density at radius 1 is 0.304 bits per heavy atom. The van der Waals surface area contributed by atoms with Gasteiger partial charge >= 0.3 is 17.9 Å². The Bertz CT molecular complexity index is 1250. The molecule has 0 aliphatic rings. The van der Waals surface area contributed by atoms with Gasteiger partial charge in [0, 0.05) is 19.3 Å². The number of hydrogen-bond donors (Lipinski definition) is 0. The zero-order chi connectivity index (χ0) is 50.0. The van der Waals surface area contributed by atoms with Crippen molar-refractivity contribution < 1.29 is 28.6 Å². The van der Waals surface area contributed by atoms with Crippen LogP contribution in [0.3, 0.4) is 0 Å². The Balaban J connectivity index is 4.28. The molecule has 1 atom stereocenters. The molecule has 0 radical (unpaired) electrons. The summed E-state index contributed by atoms with van der Waals surface area (Å²) in [5.74, 6) is -0.906. The summed E-state index contributed by atoms with van der Waals surface area (Å²) in [4.78, 5) is 38.1. The van der Waals surface area contributed by atoms with Crippen molar-refractivity contribution in [2.75, 3.05) is 13.2 Å². The van der Waals surface area contributed by atoms with E-state index in [1.165, 1.54) is 161 Å². The lowest BCUT2D eigenvalue weighted by Gasteiger charge is -2.18. The van der Waals surface area contributed by atoms with Crippen LogP contribution in [-0.2, 0) is 28.6 Å². The number of esters is 3. The third-order valence-corrected chi connectivity index (χ3v) is 13.0. The van der Waals surface area contributed by atoms with Crippen molar-refractivity contribution in [3.63, 3.8) is 0 Å². The standard InChI is InChI=1S/C63H112O6/c1-4-7-10-13-16-19-22-24-26-28-29-30-31-32-33-35-36-38-41-44-47-50-53-56-62(65)68-59-60(58-67-61(64)55-52-49-46-43-40-21-18-15-12-9-6-3)69-63(66)57-54-51-48-45-42-39-37-34-27-25-23-20-17-14-11-8-5-2/h8,11,15,17-18,20,25,27,37,39,60H,4-7,9-10,12-14,16,19,21-24,26,28-36,38,40-59H2,1-3H3/b11-8-,18-15-,20-17-,27-25-,39-37-. The number of unbranched alkanes of at least 4 members (excludes halogenated alkanes) is 33. The van der Waals surface area contributed by atoms with Crippen molar-refractivity contribution in [1.82, 2.24) is 0 Å². The van der Waals surface area contributed by atoms with E-state index < -0.39 is 6.10 Å². The third kappa shape index (κ3) is 55.9. The maximum Gasteiger partial charge on any atom is 0.306 e. The zero-order valence-corrected chi connectivity index (χ0v) is 45.8. The quantitative estimate of drug-likeness (QED) is 0.0262. The Labute approximate surface area is 428 Å². The van der Waals surface area contributed by atoms with Gasteiger partial charge in [0.15, 0.2) is 6.10 Å². The average molecular weight is 966 g/mol. The minimum Gasteiger partial charge on any atom is -0.462 e. The molecule has 0 N–H and O–H groups in total. The van der Waals surface area contributed by atoms with Crippen LogP contribution in [-0.4, -0.2) is 37.2 Å². The van der Waals surface area contributed by atoms with Crippen LogP contribution in [0.4, 0.5) is 0 Å². The van der Waals surface area contributed by atoms with Crippen LogP contribution in [0, 0.1) is 0 Å². The summed E-state index contributed by atoms with van der Waals surface area (Å²) in [6, 6.07) is 0. The molecule has 0 aromatic carbocycles. The fourth-order valence-corrected chi connectivity index (χ4v) is 8.53. The largest absolute Gasteiger partial charge is 0.462 e. The van der Waals surface area contributed by atoms with Crippen LogP contribution < -0.4 is 0 Å². The second-order valence-corrected chi connectivity index (χ2v) is 19.9. The van der Waals surface area contributed by atoms with Crippen molar-refractivity contribution in [2.45, 2.75) is 309 Å². The molecule has 0 amide bonds. The minimum absolute atomic E-state index is 0.0844. The first-order valence-electron chi connectivity index (χ1n) is 29.8. The minimum atomic E-state index is -0.789. The molecule has 69 heavy (non-hydrogen) atoms. The van der Waals surface area contributed by atoms with E-state index in [0.717, 1.165) is 103 Å². The predicted molar refractivity (Wildman–Crippen MR) is 298 cm³/mol. The SMILES string of the molecule is CC/C=C\C/C=C\C/C=C\C/C=C\CCCCCCC(=O)OC(COC(=O)CCCCCCC/C=C\CCCC)COC(=O)CCCCCCCCCCCCCCCCCCCCCCCCC. The van der Waals surface area contributed by atoms with E-state index in [2.05, 4.69) is 81.5 Å². The Kier molecular flexibility index (Phi) is 55.3. The summed E-state index contributed by atoms with van der Waals surface area (Å²) >= 11 is 0. The van der Waals surface area contributed by atoms with Crippen LogP contribution >= 0.6 is 0 Å². The van der Waals surface area contributed by atoms with E-state index >= 15 is 0 Å². The maximum atomic E-state index is 12.8. The summed E-state index contributed by atoms with van der Waals surface area (Å²) in [5, 5.41) is 0. The Morgan fingerprint density at radius 3 is 0.942 bits per heavy atom. The van der Waals surface area contributed by atoms with E-state index in [9.17, 15) is 14.4 Å². The van der Waals surface area contributed by atoms with Crippen molar-refractivity contribution >= 4 is 17.9 Å². The molecule has 0 saturated carbocycles. The molecule has 0 spiro atoms. The lowest BCUT2D eigenvalue weighted by atomic mass is 10.0. The van der Waals surface area contributed by atoms with E-state index in [0.29, 0.717) is 19.3 Å². The maximum absolute atomic E-state index is 12.8. The van der Waals surface area contributed by atoms with Crippen LogP contribution in [0.25, 0.3) is 0 Å². The summed E-state index contributed by atoms with van der Waals surface area (Å²) in [5.41, 5.74) is 0. The van der Waals surface area contributed by atoms with Crippen molar-refractivity contribution in [2.24, 2.45) is 0 Å². The molecule has 0 aromatic rings. The van der Waals surface area contributed by atoms with Crippen molar-refractivity contribution in [1.29, 1.82) is 0 Å². The second kappa shape index (κ2) is 57.7. The van der Waals surface area contributed by atoms with Gasteiger partial charge in [0.05, 0.1) is 0 Å². The molecule has 0 fully saturated rings. The van der Waals surface area contributed by atoms with Gasteiger partial charge in [-0.3, -0.25) is 14.4 Å². The van der Waals surface area contributed by atoms with E-state index in [-0.39, 0.29) is 31.1 Å². The molecule has 0 heterocycles. The van der Waals surface area contributed by atoms with Crippen LogP contribution in [0.15, 0.2) is 60.8 Å². The summed E-state index contributed by atoms with van der Waals surface area (Å²) in [7, 11) is 0. The number of carbonyl (C=O) groups is 3. The molecule has 400 valence electrons. The molecular formula is C63H112O6. The molecule has 0 aromatic heterocycles. The fraction of sp³-hybridized carbons (Fsp3) is 0.794. The van der Waals surface area contributed by atoms with E-state index in [4.69, 9.17) is 14.2 Å². The van der Waals surface area contributed by atoms with Gasteiger partial charge < -0.3 is 14.2 Å². The molecule has 0 saturated heterocycles. The van der Waals surface area contributed by atoms with Gasteiger partial charge in [0.2, 0.25) is 0 Å². The van der Waals surface area contributed by atoms with Gasteiger partial charge in [-0.2, -0.15) is 0 Å². The third-order valence-electron chi connectivity index (χ3n) is 13.0. The molecule has 0 aliphatic heterocycles. The van der Waals surface area contributed by atoms with Gasteiger partial charge in [-0.15, -0.1) is 0 Å². The number of ether oxygens (including phenoxy) is 3. The molecular weight excluding hydrogens is 853 g/mol. The van der Waals surface area contributed by atoms with Gasteiger partial charge in [0.1, 0.15) is 13.2 Å². The van der Waals surface area contributed by atoms with Gasteiger partial charge in [-0.05, 0) is 77.0 Å². The highest BCUT2D eigenvalue weighted by molar-refractivity contribution is 5.71. The van der Waals surface area contributed by atoms with Crippen molar-refractivity contribution in [3.05, 3.63) is 60.8 Å². The lowest BCUT2D eigenvalue weighted by molar-refractivity contribution is -0.167. The highest BCUT2D eigenvalue weighted by atomic mass is 16.6. The monoisotopic (exact) mass is 965 g/mol. The number of hydrogen-bond acceptors (Lipinski definition) is 6. The van der Waals surface area contributed by atoms with Crippen LogP contribution in [0.1, 0.15) is 303 Å². The summed E-state index contributed by atoms with van der Waals surface area (Å²) in [6.45, 7) is 6.49. The van der Waals surface area contributed by atoms with E-state index in [1.807, 2.05) is 0 Å². The first kappa shape index (κ1) is 66.1. The molecule has 6 heteroatoms. The number of allylic oxidation sites excluding steroid dienone is 10. The Morgan fingerprint density at radius 2 is 0.580 bits per heavy atom. The molecule has 6 nitrogen and oxygen atoms in total. The zero-order valence-electron chi connectivity index (χ0n) is 45.8. The molecule has 0 aliphatic carbocycles. The van der Waals surface area contributed by atoms with E-state index in [1.54, 1.807) is 0 Å². The number of carbonyl (C=O) groups excluding carboxylic acids is 3. The molecule has 0 rings (SSSR count). The smallest absolute Gasteiger partial charge is 0.306 e. The van der Waals surface area contributed by atoms with Crippen LogP contribution in [0.2, 0.25) is 0 Å². The fourth-order valence-electron chi connectivity index (χ4n) is 8.53. The van der Waals surface area contributed by atoms with Gasteiger partial charge in [-0.25, -0.2) is 0 Å². The Hall–Kier alpha value is -2.89. The predicted octanol–water partition coefficient (Wildman–Crippen LogP) is 20.0. The summed E-state index contributed by atoms with van der Waals surface area (Å²) < 4.78 is 16.8. The average Bonchev–Trinajstić information content (AvgIpc) is 3.35. The highest BCUT2D eigenvalue weighted by Gasteiger charge is 2.19. The van der Waals surface area contributed by atoms with Crippen molar-refractivity contribution in [3.8, 4) is 0 Å². The normalized spacial score (nSPS) is 12.4. The topological polar surface area (TPSA) is 78.9 Å². The summed E-state index contributed by atoms with van der Waals surface area (Å²) in [6.07, 6.45) is 72.3. The highest BCUT2D eigenvalue weighted by Crippen LogP contribution is 2.17. The first-order chi connectivity index (χ1) is 34.0. The second-order valence-electron chi connectivity index (χ2n) is 19.9. The molecule has 0 bridgehead atoms. The number of rotatable bonds is 54. The van der Waals surface area contributed by atoms with Gasteiger partial charge in [0.25, 0.3) is 0 Å². The van der Waals surface area contributed by atoms with Gasteiger partial charge in [-0.1, -0.05) is 268 Å². The first-order valence-corrected chi connectivity index (χ1v) is 29.8. The lowest BCUT2D eigenvalue weighted by Crippen LogP contribution is -2.30. The van der Waals surface area contributed by atoms with Crippen LogP contribution in [0.5, 0.6) is 0 Å². The molecule has 1 unspecified atom stereocenters.